The molecule has 19 heavy (non-hydrogen) atoms. The van der Waals surface area contributed by atoms with Crippen LogP contribution in [0.1, 0.15) is 65.7 Å². The molecule has 1 amide bonds. The van der Waals surface area contributed by atoms with Gasteiger partial charge in [-0.05, 0) is 44.4 Å². The summed E-state index contributed by atoms with van der Waals surface area (Å²) in [6.07, 6.45) is 8.59. The van der Waals surface area contributed by atoms with E-state index in [0.29, 0.717) is 11.8 Å². The summed E-state index contributed by atoms with van der Waals surface area (Å²) in [7, 11) is 0. The molecule has 0 radical (unpaired) electrons. The molecule has 0 aromatic heterocycles. The van der Waals surface area contributed by atoms with Crippen molar-refractivity contribution in [3.05, 3.63) is 0 Å². The van der Waals surface area contributed by atoms with Gasteiger partial charge in [0.1, 0.15) is 0 Å². The van der Waals surface area contributed by atoms with Crippen LogP contribution in [0.3, 0.4) is 0 Å². The fourth-order valence-corrected chi connectivity index (χ4v) is 3.09. The summed E-state index contributed by atoms with van der Waals surface area (Å²) in [5, 5.41) is 3.13. The quantitative estimate of drug-likeness (QED) is 0.693. The van der Waals surface area contributed by atoms with Gasteiger partial charge in [-0.15, -0.1) is 11.6 Å². The van der Waals surface area contributed by atoms with Crippen molar-refractivity contribution < 1.29 is 4.79 Å². The fraction of sp³-hybridized carbons (Fsp3) is 0.938. The third-order valence-electron chi connectivity index (χ3n) is 4.65. The van der Waals surface area contributed by atoms with Gasteiger partial charge < -0.3 is 5.32 Å². The monoisotopic (exact) mass is 287 g/mol. The summed E-state index contributed by atoms with van der Waals surface area (Å²) in [6.45, 7) is 6.38. The Hall–Kier alpha value is -0.240. The Balaban J connectivity index is 2.28. The van der Waals surface area contributed by atoms with E-state index < -0.39 is 0 Å². The molecule has 0 spiro atoms. The third-order valence-corrected chi connectivity index (χ3v) is 5.14. The van der Waals surface area contributed by atoms with E-state index in [1.165, 1.54) is 32.1 Å². The predicted octanol–water partition coefficient (Wildman–Crippen LogP) is 4.36. The molecule has 0 aromatic rings. The first-order chi connectivity index (χ1) is 9.08. The van der Waals surface area contributed by atoms with Gasteiger partial charge in [0.15, 0.2) is 0 Å². The average molecular weight is 288 g/mol. The number of halogens is 1. The molecule has 3 heteroatoms. The number of unbranched alkanes of at least 4 members (excludes halogenated alkanes) is 1. The number of amides is 1. The number of hydrogen-bond acceptors (Lipinski definition) is 1. The van der Waals surface area contributed by atoms with Gasteiger partial charge in [0.2, 0.25) is 5.91 Å². The molecule has 0 aliphatic heterocycles. The number of alkyl halides is 1. The first kappa shape index (κ1) is 16.8. The van der Waals surface area contributed by atoms with Crippen LogP contribution >= 0.6 is 11.6 Å². The molecular weight excluding hydrogens is 258 g/mol. The zero-order valence-corrected chi connectivity index (χ0v) is 13.5. The van der Waals surface area contributed by atoms with E-state index in [9.17, 15) is 4.79 Å². The number of rotatable bonds is 7. The summed E-state index contributed by atoms with van der Waals surface area (Å²) in [4.78, 5) is 12.2. The van der Waals surface area contributed by atoms with Crippen molar-refractivity contribution in [2.45, 2.75) is 71.8 Å². The fourth-order valence-electron chi connectivity index (χ4n) is 2.82. The Morgan fingerprint density at radius 3 is 2.42 bits per heavy atom. The zero-order valence-electron chi connectivity index (χ0n) is 12.8. The van der Waals surface area contributed by atoms with Gasteiger partial charge in [-0.1, -0.05) is 33.1 Å². The van der Waals surface area contributed by atoms with Crippen molar-refractivity contribution in [2.24, 2.45) is 17.8 Å². The molecule has 2 unspecified atom stereocenters. The van der Waals surface area contributed by atoms with E-state index in [-0.39, 0.29) is 17.9 Å². The summed E-state index contributed by atoms with van der Waals surface area (Å²) >= 11 is 5.83. The molecule has 112 valence electrons. The molecular formula is C16H30ClNO. The van der Waals surface area contributed by atoms with Crippen LogP contribution in [0, 0.1) is 17.8 Å². The number of hydrogen-bond donors (Lipinski definition) is 1. The van der Waals surface area contributed by atoms with E-state index in [0.717, 1.165) is 18.8 Å². The van der Waals surface area contributed by atoms with Crippen molar-refractivity contribution >= 4 is 17.5 Å². The van der Waals surface area contributed by atoms with E-state index >= 15 is 0 Å². The smallest absolute Gasteiger partial charge is 0.223 e. The van der Waals surface area contributed by atoms with Crippen LogP contribution in [0.5, 0.6) is 0 Å². The van der Waals surface area contributed by atoms with Gasteiger partial charge in [-0.3, -0.25) is 4.79 Å². The number of carbonyl (C=O) groups is 1. The summed E-state index contributed by atoms with van der Waals surface area (Å²) in [5.41, 5.74) is 0. The van der Waals surface area contributed by atoms with Crippen LogP contribution in [0.25, 0.3) is 0 Å². The van der Waals surface area contributed by atoms with Crippen LogP contribution < -0.4 is 5.32 Å². The lowest BCUT2D eigenvalue weighted by Crippen LogP contribution is -2.42. The SMILES string of the molecule is CCCCC1CCC(C(=O)NC(C)C(C)CCl)CC1. The molecule has 1 aliphatic carbocycles. The maximum atomic E-state index is 12.2. The standard InChI is InChI=1S/C16H30ClNO/c1-4-5-6-14-7-9-15(10-8-14)16(19)18-13(3)12(2)11-17/h12-15H,4-11H2,1-3H3,(H,18,19). The molecule has 1 N–H and O–H groups in total. The van der Waals surface area contributed by atoms with Gasteiger partial charge in [-0.2, -0.15) is 0 Å². The molecule has 1 aliphatic rings. The lowest BCUT2D eigenvalue weighted by molar-refractivity contribution is -0.127. The lowest BCUT2D eigenvalue weighted by Gasteiger charge is -2.29. The van der Waals surface area contributed by atoms with Crippen molar-refractivity contribution in [2.75, 3.05) is 5.88 Å². The van der Waals surface area contributed by atoms with Gasteiger partial charge >= 0.3 is 0 Å². The lowest BCUT2D eigenvalue weighted by atomic mass is 9.79. The number of nitrogens with one attached hydrogen (secondary N) is 1. The zero-order chi connectivity index (χ0) is 14.3. The van der Waals surface area contributed by atoms with Crippen molar-refractivity contribution in [1.29, 1.82) is 0 Å². The first-order valence-electron chi connectivity index (χ1n) is 7.94. The highest BCUT2D eigenvalue weighted by Gasteiger charge is 2.27. The summed E-state index contributed by atoms with van der Waals surface area (Å²) < 4.78 is 0. The minimum absolute atomic E-state index is 0.183. The second-order valence-electron chi connectivity index (χ2n) is 6.29. The van der Waals surface area contributed by atoms with Crippen molar-refractivity contribution in [3.8, 4) is 0 Å². The van der Waals surface area contributed by atoms with Gasteiger partial charge in [0.05, 0.1) is 0 Å². The van der Waals surface area contributed by atoms with Crippen molar-refractivity contribution in [1.82, 2.24) is 5.32 Å². The van der Waals surface area contributed by atoms with E-state index in [2.05, 4.69) is 26.1 Å². The molecule has 0 aromatic carbocycles. The van der Waals surface area contributed by atoms with Crippen LogP contribution in [0.2, 0.25) is 0 Å². The first-order valence-corrected chi connectivity index (χ1v) is 8.48. The van der Waals surface area contributed by atoms with E-state index in [1.807, 2.05) is 0 Å². The molecule has 1 saturated carbocycles. The highest BCUT2D eigenvalue weighted by Crippen LogP contribution is 2.32. The van der Waals surface area contributed by atoms with Crippen LogP contribution in [-0.4, -0.2) is 17.8 Å². The van der Waals surface area contributed by atoms with Crippen LogP contribution in [-0.2, 0) is 4.79 Å². The van der Waals surface area contributed by atoms with Crippen LogP contribution in [0.15, 0.2) is 0 Å². The molecule has 0 saturated heterocycles. The normalized spacial score (nSPS) is 26.7. The maximum absolute atomic E-state index is 12.2. The van der Waals surface area contributed by atoms with Gasteiger partial charge in [0.25, 0.3) is 0 Å². The average Bonchev–Trinajstić information content (AvgIpc) is 2.44. The van der Waals surface area contributed by atoms with Crippen LogP contribution in [0.4, 0.5) is 0 Å². The number of carbonyl (C=O) groups excluding carboxylic acids is 1. The minimum Gasteiger partial charge on any atom is -0.353 e. The third kappa shape index (κ3) is 5.72. The van der Waals surface area contributed by atoms with Gasteiger partial charge in [0, 0.05) is 17.8 Å². The topological polar surface area (TPSA) is 29.1 Å². The largest absolute Gasteiger partial charge is 0.353 e. The molecule has 0 bridgehead atoms. The molecule has 1 fully saturated rings. The second kappa shape index (κ2) is 8.84. The Bertz CT molecular complexity index is 261. The predicted molar refractivity (Wildman–Crippen MR) is 82.5 cm³/mol. The molecule has 2 nitrogen and oxygen atoms in total. The van der Waals surface area contributed by atoms with Crippen molar-refractivity contribution in [3.63, 3.8) is 0 Å². The Kier molecular flexibility index (Phi) is 7.82. The highest BCUT2D eigenvalue weighted by atomic mass is 35.5. The van der Waals surface area contributed by atoms with Gasteiger partial charge in [-0.25, -0.2) is 0 Å². The summed E-state index contributed by atoms with van der Waals surface area (Å²) in [6, 6.07) is 0.183. The maximum Gasteiger partial charge on any atom is 0.223 e. The van der Waals surface area contributed by atoms with E-state index in [1.54, 1.807) is 0 Å². The Morgan fingerprint density at radius 1 is 1.26 bits per heavy atom. The summed E-state index contributed by atoms with van der Waals surface area (Å²) in [5.74, 6) is 2.29. The second-order valence-corrected chi connectivity index (χ2v) is 6.60. The Morgan fingerprint density at radius 2 is 1.89 bits per heavy atom. The minimum atomic E-state index is 0.183. The highest BCUT2D eigenvalue weighted by molar-refractivity contribution is 6.18. The molecule has 1 rings (SSSR count). The molecule has 0 heterocycles. The molecule has 2 atom stereocenters. The van der Waals surface area contributed by atoms with E-state index in [4.69, 9.17) is 11.6 Å². The Labute approximate surface area is 123 Å².